The van der Waals surface area contributed by atoms with Gasteiger partial charge in [0.1, 0.15) is 11.5 Å². The van der Waals surface area contributed by atoms with Gasteiger partial charge in [0.25, 0.3) is 0 Å². The summed E-state index contributed by atoms with van der Waals surface area (Å²) in [6.45, 7) is 8.58. The number of amides is 1. The van der Waals surface area contributed by atoms with Crippen molar-refractivity contribution in [3.8, 4) is 5.75 Å². The van der Waals surface area contributed by atoms with Crippen LogP contribution in [0, 0.1) is 12.8 Å². The van der Waals surface area contributed by atoms with Crippen molar-refractivity contribution < 1.29 is 14.1 Å². The molecule has 1 aromatic carbocycles. The maximum absolute atomic E-state index is 12.2. The summed E-state index contributed by atoms with van der Waals surface area (Å²) in [5.41, 5.74) is 0. The van der Waals surface area contributed by atoms with Crippen LogP contribution in [0.4, 0.5) is 5.82 Å². The van der Waals surface area contributed by atoms with Crippen molar-refractivity contribution >= 4 is 35.1 Å². The smallest absolute Gasteiger partial charge is 0.236 e. The van der Waals surface area contributed by atoms with E-state index in [2.05, 4.69) is 34.5 Å². The third kappa shape index (κ3) is 5.76. The van der Waals surface area contributed by atoms with Gasteiger partial charge in [0.15, 0.2) is 22.9 Å². The molecule has 1 unspecified atom stereocenters. The van der Waals surface area contributed by atoms with Gasteiger partial charge in [-0.1, -0.05) is 54.5 Å². The van der Waals surface area contributed by atoms with Gasteiger partial charge < -0.3 is 19.1 Å². The van der Waals surface area contributed by atoms with Gasteiger partial charge in [0, 0.05) is 12.6 Å². The van der Waals surface area contributed by atoms with Crippen molar-refractivity contribution in [2.75, 3.05) is 11.1 Å². The number of carbonyl (C=O) groups excluding carboxylic acids is 1. The van der Waals surface area contributed by atoms with Crippen molar-refractivity contribution in [2.45, 2.75) is 45.5 Å². The first kappa shape index (κ1) is 22.2. The molecule has 0 fully saturated rings. The number of aryl methyl sites for hydroxylation is 1. The van der Waals surface area contributed by atoms with E-state index in [1.54, 1.807) is 19.1 Å². The molecule has 3 rings (SSSR count). The second kappa shape index (κ2) is 9.99. The Morgan fingerprint density at radius 2 is 2.07 bits per heavy atom. The Morgan fingerprint density at radius 1 is 1.30 bits per heavy atom. The summed E-state index contributed by atoms with van der Waals surface area (Å²) in [4.78, 5) is 12.2. The van der Waals surface area contributed by atoms with Gasteiger partial charge in [0.05, 0.1) is 10.8 Å². The van der Waals surface area contributed by atoms with Gasteiger partial charge in [-0.25, -0.2) is 0 Å². The molecule has 3 aromatic rings. The molecule has 10 heteroatoms. The van der Waals surface area contributed by atoms with E-state index in [1.807, 2.05) is 29.7 Å². The minimum Gasteiger partial charge on any atom is -0.481 e. The quantitative estimate of drug-likeness (QED) is 0.470. The number of thioether (sulfide) groups is 1. The Hall–Kier alpha value is -2.52. The van der Waals surface area contributed by atoms with E-state index in [0.29, 0.717) is 45.8 Å². The van der Waals surface area contributed by atoms with E-state index in [0.717, 1.165) is 0 Å². The molecule has 0 bridgehead atoms. The lowest BCUT2D eigenvalue weighted by molar-refractivity contribution is -0.113. The topological polar surface area (TPSA) is 95.1 Å². The summed E-state index contributed by atoms with van der Waals surface area (Å²) < 4.78 is 13.0. The van der Waals surface area contributed by atoms with Crippen LogP contribution in [-0.4, -0.2) is 31.6 Å². The zero-order chi connectivity index (χ0) is 21.7. The highest BCUT2D eigenvalue weighted by atomic mass is 35.5. The number of hydrogen-bond donors (Lipinski definition) is 1. The number of halogens is 1. The number of anilines is 1. The number of nitrogens with zero attached hydrogens (tertiary/aromatic N) is 4. The molecule has 1 N–H and O–H groups in total. The average Bonchev–Trinajstić information content (AvgIpc) is 3.27. The molecule has 1 amide bonds. The molecule has 0 spiro atoms. The van der Waals surface area contributed by atoms with E-state index in [-0.39, 0.29) is 17.8 Å². The van der Waals surface area contributed by atoms with Crippen LogP contribution in [0.2, 0.25) is 5.02 Å². The van der Waals surface area contributed by atoms with E-state index >= 15 is 0 Å². The predicted octanol–water partition coefficient (Wildman–Crippen LogP) is 4.75. The van der Waals surface area contributed by atoms with Crippen LogP contribution in [0.5, 0.6) is 5.75 Å². The Balaban J connectivity index is 1.71. The van der Waals surface area contributed by atoms with Crippen molar-refractivity contribution in [3.63, 3.8) is 0 Å². The molecule has 0 aliphatic rings. The maximum atomic E-state index is 12.2. The molecule has 2 aromatic heterocycles. The summed E-state index contributed by atoms with van der Waals surface area (Å²) >= 11 is 7.52. The zero-order valence-corrected chi connectivity index (χ0v) is 18.8. The Morgan fingerprint density at radius 3 is 2.73 bits per heavy atom. The first-order chi connectivity index (χ1) is 14.3. The van der Waals surface area contributed by atoms with Crippen molar-refractivity contribution in [1.29, 1.82) is 0 Å². The number of aromatic nitrogens is 4. The zero-order valence-electron chi connectivity index (χ0n) is 17.3. The number of carbonyl (C=O) groups is 1. The lowest BCUT2D eigenvalue weighted by Gasteiger charge is -2.18. The molecule has 0 saturated heterocycles. The molecule has 160 valence electrons. The van der Waals surface area contributed by atoms with Crippen LogP contribution in [0.3, 0.4) is 0 Å². The second-order valence-corrected chi connectivity index (χ2v) is 8.55. The van der Waals surface area contributed by atoms with Gasteiger partial charge in [-0.05, 0) is 31.9 Å². The number of hydrogen-bond acceptors (Lipinski definition) is 7. The van der Waals surface area contributed by atoms with E-state index in [4.69, 9.17) is 20.9 Å². The van der Waals surface area contributed by atoms with Gasteiger partial charge in [0.2, 0.25) is 5.91 Å². The highest BCUT2D eigenvalue weighted by Gasteiger charge is 2.21. The fourth-order valence-corrected chi connectivity index (χ4v) is 3.70. The molecule has 0 aliphatic carbocycles. The van der Waals surface area contributed by atoms with Crippen molar-refractivity contribution in [1.82, 2.24) is 19.9 Å². The summed E-state index contributed by atoms with van der Waals surface area (Å²) in [5, 5.41) is 16.3. The minimum absolute atomic E-state index is 0.169. The Bertz CT molecular complexity index is 1000. The SMILES string of the molecule is Cc1cc(NC(=O)CSc2nnc(C(C)Oc3ccccc3Cl)n2CC(C)C)no1. The lowest BCUT2D eigenvalue weighted by Crippen LogP contribution is -2.17. The maximum Gasteiger partial charge on any atom is 0.236 e. The number of para-hydroxylation sites is 1. The number of benzene rings is 1. The van der Waals surface area contributed by atoms with E-state index in [1.165, 1.54) is 11.8 Å². The number of ether oxygens (including phenoxy) is 1. The molecule has 8 nitrogen and oxygen atoms in total. The van der Waals surface area contributed by atoms with Crippen LogP contribution in [-0.2, 0) is 11.3 Å². The van der Waals surface area contributed by atoms with Crippen LogP contribution < -0.4 is 10.1 Å². The van der Waals surface area contributed by atoms with E-state index < -0.39 is 0 Å². The fourth-order valence-electron chi connectivity index (χ4n) is 2.76. The van der Waals surface area contributed by atoms with E-state index in [9.17, 15) is 4.79 Å². The van der Waals surface area contributed by atoms with Gasteiger partial charge >= 0.3 is 0 Å². The third-order valence-electron chi connectivity index (χ3n) is 4.02. The minimum atomic E-state index is -0.363. The summed E-state index contributed by atoms with van der Waals surface area (Å²) in [7, 11) is 0. The third-order valence-corrected chi connectivity index (χ3v) is 5.30. The monoisotopic (exact) mass is 449 g/mol. The Labute approximate surface area is 184 Å². The van der Waals surface area contributed by atoms with Gasteiger partial charge in [-0.15, -0.1) is 10.2 Å². The first-order valence-corrected chi connectivity index (χ1v) is 10.9. The van der Waals surface area contributed by atoms with Crippen LogP contribution in [0.1, 0.15) is 38.5 Å². The van der Waals surface area contributed by atoms with Crippen molar-refractivity contribution in [2.24, 2.45) is 5.92 Å². The molecule has 0 aliphatic heterocycles. The lowest BCUT2D eigenvalue weighted by atomic mass is 10.2. The molecule has 30 heavy (non-hydrogen) atoms. The fraction of sp³-hybridized carbons (Fsp3) is 0.400. The number of nitrogens with one attached hydrogen (secondary N) is 1. The van der Waals surface area contributed by atoms with Gasteiger partial charge in [-0.2, -0.15) is 0 Å². The highest BCUT2D eigenvalue weighted by molar-refractivity contribution is 7.99. The second-order valence-electron chi connectivity index (χ2n) is 7.20. The largest absolute Gasteiger partial charge is 0.481 e. The standard InChI is InChI=1S/C20H24ClN5O3S/c1-12(2)10-26-19(14(4)28-16-8-6-5-7-15(16)21)23-24-20(26)30-11-18(27)22-17-9-13(3)29-25-17/h5-9,12,14H,10-11H2,1-4H3,(H,22,25,27). The summed E-state index contributed by atoms with van der Waals surface area (Å²) in [6.07, 6.45) is -0.363. The Kier molecular flexibility index (Phi) is 7.38. The van der Waals surface area contributed by atoms with Crippen LogP contribution in [0.25, 0.3) is 0 Å². The van der Waals surface area contributed by atoms with Gasteiger partial charge in [-0.3, -0.25) is 4.79 Å². The summed E-state index contributed by atoms with van der Waals surface area (Å²) in [5.74, 6) is 2.62. The highest BCUT2D eigenvalue weighted by Crippen LogP contribution is 2.29. The predicted molar refractivity (Wildman–Crippen MR) is 116 cm³/mol. The average molecular weight is 450 g/mol. The molecular formula is C20H24ClN5O3S. The molecule has 0 saturated carbocycles. The normalized spacial score (nSPS) is 12.2. The molecule has 1 atom stereocenters. The van der Waals surface area contributed by atoms with Crippen LogP contribution >= 0.6 is 23.4 Å². The first-order valence-electron chi connectivity index (χ1n) is 9.53. The van der Waals surface area contributed by atoms with Crippen molar-refractivity contribution in [3.05, 3.63) is 46.9 Å². The molecule has 0 radical (unpaired) electrons. The summed E-state index contributed by atoms with van der Waals surface area (Å²) in [6, 6.07) is 8.96. The van der Waals surface area contributed by atoms with Crippen LogP contribution in [0.15, 0.2) is 40.0 Å². The molecular weight excluding hydrogens is 426 g/mol. The molecule has 2 heterocycles. The number of rotatable bonds is 9.